The Labute approximate surface area is 191 Å². The summed E-state index contributed by atoms with van der Waals surface area (Å²) in [7, 11) is -27.8. The molecule has 31 heteroatoms. The largest absolute Gasteiger partial charge is 0.466 e. The summed E-state index contributed by atoms with van der Waals surface area (Å²) in [6.45, 7) is 0. The van der Waals surface area contributed by atoms with Gasteiger partial charge >= 0.3 is 46.9 Å². The van der Waals surface area contributed by atoms with E-state index in [2.05, 4.69) is 0 Å². The van der Waals surface area contributed by atoms with Crippen LogP contribution in [0.4, 0.5) is 0 Å². The Bertz CT molecular complexity index is 460. The van der Waals surface area contributed by atoms with E-state index in [0.29, 0.717) is 0 Å². The predicted octanol–water partition coefficient (Wildman–Crippen LogP) is -5.95. The topological polar surface area (TPSA) is 467 Å². The molecule has 24 nitrogen and oxygen atoms in total. The van der Waals surface area contributed by atoms with E-state index in [-0.39, 0.29) is 29.6 Å². The molecule has 193 valence electrons. The van der Waals surface area contributed by atoms with Gasteiger partial charge in [-0.2, -0.15) is 0 Å². The van der Waals surface area contributed by atoms with Crippen molar-refractivity contribution in [3.63, 3.8) is 0 Å². The molecule has 0 amide bonds. The first-order valence-corrected chi connectivity index (χ1v) is 14.1. The molecule has 0 rings (SSSR count). The zero-order valence-corrected chi connectivity index (χ0v) is 21.5. The van der Waals surface area contributed by atoms with Crippen LogP contribution in [0.2, 0.25) is 0 Å². The van der Waals surface area contributed by atoms with Gasteiger partial charge in [0, 0.05) is 29.6 Å². The van der Waals surface area contributed by atoms with Crippen LogP contribution in [0.3, 0.4) is 0 Å². The van der Waals surface area contributed by atoms with Gasteiger partial charge in [0.15, 0.2) is 0 Å². The van der Waals surface area contributed by atoms with Gasteiger partial charge in [-0.3, -0.25) is 0 Å². The van der Waals surface area contributed by atoms with Crippen LogP contribution >= 0.6 is 46.9 Å². The summed E-state index contributed by atoms with van der Waals surface area (Å²) in [6, 6.07) is 0. The van der Waals surface area contributed by atoms with Crippen LogP contribution in [0.15, 0.2) is 0 Å². The molecule has 0 aromatic heterocycles. The Morgan fingerprint density at radius 2 is 0.226 bits per heavy atom. The van der Waals surface area contributed by atoms with E-state index in [1.54, 1.807) is 0 Å². The monoisotopic (exact) mass is 611 g/mol. The molecule has 0 atom stereocenters. The number of phosphoric acid groups is 6. The number of hydrogen-bond donors (Lipinski definition) is 18. The van der Waals surface area contributed by atoms with Gasteiger partial charge in [-0.15, -0.1) is 0 Å². The van der Waals surface area contributed by atoms with Crippen molar-refractivity contribution >= 4 is 76.5 Å². The fraction of sp³-hybridized carbons (Fsp3) is 0. The second-order valence-corrected chi connectivity index (χ2v) is 9.24. The van der Waals surface area contributed by atoms with Gasteiger partial charge in [0.05, 0.1) is 0 Å². The van der Waals surface area contributed by atoms with Gasteiger partial charge in [0.25, 0.3) is 0 Å². The Morgan fingerprint density at radius 3 is 0.226 bits per heavy atom. The van der Waals surface area contributed by atoms with Crippen LogP contribution in [-0.4, -0.2) is 118 Å². The van der Waals surface area contributed by atoms with Crippen LogP contribution in [0.5, 0.6) is 0 Å². The summed E-state index contributed by atoms with van der Waals surface area (Å²) in [5.74, 6) is 0. The van der Waals surface area contributed by atoms with E-state index < -0.39 is 46.9 Å². The minimum absolute atomic E-state index is 0. The Morgan fingerprint density at radius 1 is 0.226 bits per heavy atom. The molecule has 0 aromatic rings. The van der Waals surface area contributed by atoms with Crippen molar-refractivity contribution in [2.45, 2.75) is 0 Å². The van der Waals surface area contributed by atoms with Crippen molar-refractivity contribution in [2.75, 3.05) is 0 Å². The SMILES string of the molecule is O=P(O)(O)O.O=P(O)(O)O.O=P(O)(O)O.O=P(O)(O)O.O=P(O)(O)O.O=P(O)(O)O.[Na]. The average Bonchev–Trinajstić information content (AvgIpc) is 1.94. The third kappa shape index (κ3) is 10100. The van der Waals surface area contributed by atoms with Crippen molar-refractivity contribution in [2.24, 2.45) is 0 Å². The molecule has 0 saturated heterocycles. The molecule has 0 saturated carbocycles. The van der Waals surface area contributed by atoms with Gasteiger partial charge in [0.2, 0.25) is 0 Å². The zero-order chi connectivity index (χ0) is 27.0. The van der Waals surface area contributed by atoms with Crippen molar-refractivity contribution in [3.05, 3.63) is 0 Å². The molecular formula is H18NaO24P6. The second kappa shape index (κ2) is 21.0. The summed E-state index contributed by atoms with van der Waals surface area (Å²) in [4.78, 5) is 129. The zero-order valence-electron chi connectivity index (χ0n) is 14.2. The van der Waals surface area contributed by atoms with Crippen LogP contribution < -0.4 is 0 Å². The van der Waals surface area contributed by atoms with E-state index in [1.807, 2.05) is 0 Å². The summed E-state index contributed by atoms with van der Waals surface area (Å²) >= 11 is 0. The van der Waals surface area contributed by atoms with Crippen molar-refractivity contribution in [3.8, 4) is 0 Å². The quantitative estimate of drug-likeness (QED) is 0.0895. The minimum Gasteiger partial charge on any atom is -0.303 e. The molecule has 18 N–H and O–H groups in total. The fourth-order valence-electron chi connectivity index (χ4n) is 0. The summed E-state index contributed by atoms with van der Waals surface area (Å²) in [5.41, 5.74) is 0. The van der Waals surface area contributed by atoms with Crippen molar-refractivity contribution < 1.29 is 115 Å². The summed E-state index contributed by atoms with van der Waals surface area (Å²) in [5, 5.41) is 0. The van der Waals surface area contributed by atoms with Crippen molar-refractivity contribution in [1.29, 1.82) is 0 Å². The molecule has 0 fully saturated rings. The molecule has 31 heavy (non-hydrogen) atoms. The second-order valence-electron chi connectivity index (χ2n) is 3.08. The van der Waals surface area contributed by atoms with Crippen LogP contribution in [0, 0.1) is 0 Å². The molecule has 0 unspecified atom stereocenters. The maximum atomic E-state index is 8.88. The average molecular weight is 611 g/mol. The Hall–Kier alpha value is 1.66. The van der Waals surface area contributed by atoms with Gasteiger partial charge in [-0.25, -0.2) is 27.4 Å². The first-order valence-electron chi connectivity index (χ1n) is 4.70. The van der Waals surface area contributed by atoms with E-state index in [0.717, 1.165) is 0 Å². The molecule has 0 heterocycles. The van der Waals surface area contributed by atoms with Gasteiger partial charge in [-0.1, -0.05) is 0 Å². The van der Waals surface area contributed by atoms with E-state index in [9.17, 15) is 0 Å². The van der Waals surface area contributed by atoms with Crippen LogP contribution in [0.1, 0.15) is 0 Å². The third-order valence-corrected chi connectivity index (χ3v) is 0. The molecule has 0 aromatic carbocycles. The normalized spacial score (nSPS) is 11.4. The molecule has 0 aliphatic heterocycles. The van der Waals surface area contributed by atoms with Gasteiger partial charge in [-0.05, 0) is 0 Å². The van der Waals surface area contributed by atoms with Crippen LogP contribution in [-0.2, 0) is 27.4 Å². The minimum atomic E-state index is -4.64. The Balaban J connectivity index is -0.0000000443. The number of rotatable bonds is 0. The molecule has 0 bridgehead atoms. The molecule has 0 spiro atoms. The van der Waals surface area contributed by atoms with Gasteiger partial charge in [0.1, 0.15) is 0 Å². The third-order valence-electron chi connectivity index (χ3n) is 0. The molecule has 0 aliphatic rings. The Kier molecular flexibility index (Phi) is 33.7. The maximum absolute atomic E-state index is 8.88. The predicted molar refractivity (Wildman–Crippen MR) is 91.3 cm³/mol. The first-order chi connectivity index (χ1) is 12.0. The van der Waals surface area contributed by atoms with E-state index in [1.165, 1.54) is 0 Å². The smallest absolute Gasteiger partial charge is 0.303 e. The molecule has 0 aliphatic carbocycles. The van der Waals surface area contributed by atoms with E-state index >= 15 is 0 Å². The van der Waals surface area contributed by atoms with Gasteiger partial charge < -0.3 is 88.1 Å². The molecule has 1 radical (unpaired) electrons. The fourth-order valence-corrected chi connectivity index (χ4v) is 0. The maximum Gasteiger partial charge on any atom is 0.466 e. The standard InChI is InChI=1S/Na.6H3O4P/c;6*1-5(2,3)4/h;6*(H3,1,2,3,4). The van der Waals surface area contributed by atoms with Crippen LogP contribution in [0.25, 0.3) is 0 Å². The van der Waals surface area contributed by atoms with E-state index in [4.69, 9.17) is 115 Å². The number of hydrogen-bond acceptors (Lipinski definition) is 6. The summed E-state index contributed by atoms with van der Waals surface area (Å²) in [6.07, 6.45) is 0. The first kappa shape index (κ1) is 49.7. The molecular weight excluding hydrogens is 593 g/mol. The summed E-state index contributed by atoms with van der Waals surface area (Å²) < 4.78 is 53.3. The van der Waals surface area contributed by atoms with Crippen molar-refractivity contribution in [1.82, 2.24) is 0 Å².